The fourth-order valence-electron chi connectivity index (χ4n) is 1.83. The first kappa shape index (κ1) is 11.8. The summed E-state index contributed by atoms with van der Waals surface area (Å²) in [4.78, 5) is 12.7. The third-order valence-corrected chi connectivity index (χ3v) is 3.59. The molecule has 1 saturated heterocycles. The van der Waals surface area contributed by atoms with E-state index in [2.05, 4.69) is 5.32 Å². The molecule has 16 heavy (non-hydrogen) atoms. The number of carbonyl (C=O) groups excluding carboxylic acids is 1. The van der Waals surface area contributed by atoms with Crippen LogP contribution in [0.5, 0.6) is 0 Å². The molecule has 0 saturated carbocycles. The van der Waals surface area contributed by atoms with E-state index in [1.54, 1.807) is 11.3 Å². The van der Waals surface area contributed by atoms with Gasteiger partial charge in [0, 0.05) is 11.3 Å². The normalized spacial score (nSPS) is 17.5. The second kappa shape index (κ2) is 6.13. The molecule has 0 aromatic carbocycles. The van der Waals surface area contributed by atoms with Crippen molar-refractivity contribution >= 4 is 17.1 Å². The Labute approximate surface area is 99.8 Å². The summed E-state index contributed by atoms with van der Waals surface area (Å²) in [7, 11) is 0. The number of rotatable bonds is 5. The Morgan fingerprint density at radius 3 is 3.00 bits per heavy atom. The Bertz CT molecular complexity index is 318. The number of hydrogen-bond acceptors (Lipinski definition) is 4. The van der Waals surface area contributed by atoms with Crippen LogP contribution in [0.25, 0.3) is 0 Å². The molecule has 4 heteroatoms. The van der Waals surface area contributed by atoms with Crippen LogP contribution >= 0.6 is 11.3 Å². The van der Waals surface area contributed by atoms with Gasteiger partial charge in [-0.3, -0.25) is 4.79 Å². The van der Waals surface area contributed by atoms with E-state index < -0.39 is 0 Å². The summed E-state index contributed by atoms with van der Waals surface area (Å²) in [6, 6.07) is 3.97. The van der Waals surface area contributed by atoms with E-state index in [0.717, 1.165) is 30.8 Å². The number of ketones is 1. The van der Waals surface area contributed by atoms with Crippen LogP contribution in [0.15, 0.2) is 17.5 Å². The number of carbonyl (C=O) groups is 1. The molecule has 3 nitrogen and oxygen atoms in total. The molecule has 1 aliphatic rings. The zero-order chi connectivity index (χ0) is 11.2. The van der Waals surface area contributed by atoms with Crippen molar-refractivity contribution in [3.8, 4) is 0 Å². The lowest BCUT2D eigenvalue weighted by molar-refractivity contribution is -0.125. The predicted molar refractivity (Wildman–Crippen MR) is 64.9 cm³/mol. The van der Waals surface area contributed by atoms with E-state index in [0.29, 0.717) is 6.42 Å². The molecule has 0 spiro atoms. The minimum absolute atomic E-state index is 0.181. The van der Waals surface area contributed by atoms with E-state index in [1.165, 1.54) is 0 Å². The van der Waals surface area contributed by atoms with E-state index >= 15 is 0 Å². The predicted octanol–water partition coefficient (Wildman–Crippen LogP) is 1.63. The maximum Gasteiger partial charge on any atom is 0.163 e. The molecule has 1 aromatic rings. The van der Waals surface area contributed by atoms with Gasteiger partial charge in [-0.1, -0.05) is 6.07 Å². The Kier molecular flexibility index (Phi) is 4.51. The van der Waals surface area contributed by atoms with Crippen LogP contribution in [0.3, 0.4) is 0 Å². The van der Waals surface area contributed by atoms with Crippen LogP contribution in [0, 0.1) is 0 Å². The van der Waals surface area contributed by atoms with E-state index in [9.17, 15) is 4.79 Å². The Morgan fingerprint density at radius 1 is 1.50 bits per heavy atom. The fraction of sp³-hybridized carbons (Fsp3) is 0.583. The molecule has 1 fully saturated rings. The molecule has 2 rings (SSSR count). The maximum atomic E-state index is 11.6. The zero-order valence-corrected chi connectivity index (χ0v) is 10.1. The molecule has 0 bridgehead atoms. The first-order valence-corrected chi connectivity index (χ1v) is 6.59. The smallest absolute Gasteiger partial charge is 0.163 e. The second-order valence-electron chi connectivity index (χ2n) is 4.06. The largest absolute Gasteiger partial charge is 0.370 e. The molecule has 2 heterocycles. The summed E-state index contributed by atoms with van der Waals surface area (Å²) in [6.45, 7) is 2.27. The van der Waals surface area contributed by atoms with Gasteiger partial charge in [-0.05, 0) is 37.4 Å². The third kappa shape index (κ3) is 3.70. The van der Waals surface area contributed by atoms with Crippen molar-refractivity contribution in [1.82, 2.24) is 5.32 Å². The molecule has 88 valence electrons. The van der Waals surface area contributed by atoms with Crippen LogP contribution in [0.2, 0.25) is 0 Å². The number of nitrogens with one attached hydrogen (secondary N) is 1. The van der Waals surface area contributed by atoms with E-state index in [4.69, 9.17) is 4.74 Å². The monoisotopic (exact) mass is 239 g/mol. The Balaban J connectivity index is 1.67. The van der Waals surface area contributed by atoms with Gasteiger partial charge in [-0.25, -0.2) is 0 Å². The van der Waals surface area contributed by atoms with Crippen molar-refractivity contribution in [2.75, 3.05) is 19.7 Å². The van der Waals surface area contributed by atoms with Crippen LogP contribution in [-0.4, -0.2) is 31.6 Å². The van der Waals surface area contributed by atoms with Crippen molar-refractivity contribution < 1.29 is 9.53 Å². The SMILES string of the molecule is O=C(COC1CCNCC1)Cc1cccs1. The number of thiophene rings is 1. The standard InChI is InChI=1S/C12H17NO2S/c14-10(8-12-2-1-7-16-12)9-15-11-3-5-13-6-4-11/h1-2,7,11,13H,3-6,8-9H2. The number of hydrogen-bond donors (Lipinski definition) is 1. The topological polar surface area (TPSA) is 38.3 Å². The quantitative estimate of drug-likeness (QED) is 0.848. The summed E-state index contributed by atoms with van der Waals surface area (Å²) in [5, 5.41) is 5.27. The molecule has 0 amide bonds. The lowest BCUT2D eigenvalue weighted by atomic mass is 10.1. The number of piperidine rings is 1. The van der Waals surface area contributed by atoms with Gasteiger partial charge in [-0.2, -0.15) is 0 Å². The highest BCUT2D eigenvalue weighted by molar-refractivity contribution is 7.10. The summed E-state index contributed by atoms with van der Waals surface area (Å²) in [6.07, 6.45) is 2.83. The van der Waals surface area contributed by atoms with Gasteiger partial charge >= 0.3 is 0 Å². The molecule has 0 radical (unpaired) electrons. The van der Waals surface area contributed by atoms with Crippen molar-refractivity contribution in [3.63, 3.8) is 0 Å². The average Bonchev–Trinajstić information content (AvgIpc) is 2.81. The molecule has 1 aliphatic heterocycles. The first-order valence-electron chi connectivity index (χ1n) is 5.71. The van der Waals surface area contributed by atoms with Gasteiger partial charge in [0.1, 0.15) is 6.61 Å². The highest BCUT2D eigenvalue weighted by atomic mass is 32.1. The van der Waals surface area contributed by atoms with Crippen LogP contribution < -0.4 is 5.32 Å². The minimum Gasteiger partial charge on any atom is -0.370 e. The summed E-state index contributed by atoms with van der Waals surface area (Å²) in [5.74, 6) is 0.181. The van der Waals surface area contributed by atoms with Gasteiger partial charge in [0.05, 0.1) is 6.10 Å². The van der Waals surface area contributed by atoms with Crippen molar-refractivity contribution in [1.29, 1.82) is 0 Å². The Hall–Kier alpha value is -0.710. The minimum atomic E-state index is 0.181. The van der Waals surface area contributed by atoms with Crippen molar-refractivity contribution in [3.05, 3.63) is 22.4 Å². The third-order valence-electron chi connectivity index (χ3n) is 2.72. The maximum absolute atomic E-state index is 11.6. The molecule has 0 aliphatic carbocycles. The molecule has 0 atom stereocenters. The number of ether oxygens (including phenoxy) is 1. The molecule has 1 aromatic heterocycles. The first-order chi connectivity index (χ1) is 7.84. The average molecular weight is 239 g/mol. The number of Topliss-reactive ketones (excluding diaryl/α,β-unsaturated/α-hetero) is 1. The summed E-state index contributed by atoms with van der Waals surface area (Å²) >= 11 is 1.63. The van der Waals surface area contributed by atoms with Gasteiger partial charge < -0.3 is 10.1 Å². The summed E-state index contributed by atoms with van der Waals surface area (Å²) in [5.41, 5.74) is 0. The van der Waals surface area contributed by atoms with Crippen LogP contribution in [0.4, 0.5) is 0 Å². The van der Waals surface area contributed by atoms with Gasteiger partial charge in [-0.15, -0.1) is 11.3 Å². The highest BCUT2D eigenvalue weighted by Crippen LogP contribution is 2.11. The molecular weight excluding hydrogens is 222 g/mol. The Morgan fingerprint density at radius 2 is 2.31 bits per heavy atom. The van der Waals surface area contributed by atoms with E-state index in [-0.39, 0.29) is 18.5 Å². The van der Waals surface area contributed by atoms with Crippen LogP contribution in [-0.2, 0) is 16.0 Å². The highest BCUT2D eigenvalue weighted by Gasteiger charge is 2.14. The molecular formula is C12H17NO2S. The van der Waals surface area contributed by atoms with Crippen molar-refractivity contribution in [2.45, 2.75) is 25.4 Å². The van der Waals surface area contributed by atoms with Gasteiger partial charge in [0.15, 0.2) is 5.78 Å². The van der Waals surface area contributed by atoms with Gasteiger partial charge in [0.2, 0.25) is 0 Å². The lowest BCUT2D eigenvalue weighted by Crippen LogP contribution is -2.33. The van der Waals surface area contributed by atoms with Gasteiger partial charge in [0.25, 0.3) is 0 Å². The van der Waals surface area contributed by atoms with Crippen LogP contribution in [0.1, 0.15) is 17.7 Å². The molecule has 1 N–H and O–H groups in total. The zero-order valence-electron chi connectivity index (χ0n) is 9.28. The second-order valence-corrected chi connectivity index (χ2v) is 5.09. The summed E-state index contributed by atoms with van der Waals surface area (Å²) < 4.78 is 5.61. The van der Waals surface area contributed by atoms with Crippen molar-refractivity contribution in [2.24, 2.45) is 0 Å². The van der Waals surface area contributed by atoms with E-state index in [1.807, 2.05) is 17.5 Å². The lowest BCUT2D eigenvalue weighted by Gasteiger charge is -2.22. The fourth-order valence-corrected chi connectivity index (χ4v) is 2.56. The molecule has 0 unspecified atom stereocenters.